The molecule has 0 saturated heterocycles. The van der Waals surface area contributed by atoms with Crippen LogP contribution in [0.1, 0.15) is 0 Å². The molecular formula is C55H31N3. The van der Waals surface area contributed by atoms with E-state index in [1.165, 1.54) is 92.9 Å². The van der Waals surface area contributed by atoms with E-state index < -0.39 is 0 Å². The Balaban J connectivity index is 1.00. The molecule has 3 heteroatoms. The summed E-state index contributed by atoms with van der Waals surface area (Å²) in [5.74, 6) is 0. The Bertz CT molecular complexity index is 3860. The van der Waals surface area contributed by atoms with Crippen LogP contribution in [0.25, 0.3) is 126 Å². The Labute approximate surface area is 333 Å². The van der Waals surface area contributed by atoms with Crippen molar-refractivity contribution in [2.45, 2.75) is 0 Å². The van der Waals surface area contributed by atoms with Crippen molar-refractivity contribution in [1.29, 1.82) is 0 Å². The standard InChI is InChI=1S/C55H31N3/c1-56-41-27-38(33-11-3-2-4-12-33)26-39(28-41)35-14-9-13-34(25-35)36-21-23-53-47(29-36)49-32-40(31-48-43-16-6-8-20-51(43)58(53)55(48)49)37-22-24-52-46(30-37)45-18-10-17-44-42-15-5-7-19-50(42)57(52)54(44)45/h2-32H. The van der Waals surface area contributed by atoms with Gasteiger partial charge in [0.15, 0.2) is 5.69 Å². The van der Waals surface area contributed by atoms with Crippen molar-refractivity contribution in [3.8, 4) is 44.5 Å². The second-order valence-corrected chi connectivity index (χ2v) is 15.6. The third kappa shape index (κ3) is 4.26. The average Bonchev–Trinajstić information content (AvgIpc) is 4.02. The molecule has 0 radical (unpaired) electrons. The molecule has 0 N–H and O–H groups in total. The summed E-state index contributed by atoms with van der Waals surface area (Å²) in [7, 11) is 0. The van der Waals surface area contributed by atoms with Gasteiger partial charge >= 0.3 is 0 Å². The first kappa shape index (κ1) is 31.3. The van der Waals surface area contributed by atoms with Crippen molar-refractivity contribution in [1.82, 2.24) is 8.80 Å². The number of hydrogen-bond donors (Lipinski definition) is 0. The predicted molar refractivity (Wildman–Crippen MR) is 244 cm³/mol. The molecule has 13 rings (SSSR count). The Hall–Kier alpha value is -7.93. The predicted octanol–water partition coefficient (Wildman–Crippen LogP) is 15.2. The first-order valence-electron chi connectivity index (χ1n) is 19.8. The van der Waals surface area contributed by atoms with E-state index in [9.17, 15) is 0 Å². The first-order chi connectivity index (χ1) is 28.7. The number of rotatable bonds is 4. The van der Waals surface area contributed by atoms with Crippen molar-refractivity contribution in [3.63, 3.8) is 0 Å². The highest BCUT2D eigenvalue weighted by atomic mass is 14.9. The van der Waals surface area contributed by atoms with E-state index in [2.05, 4.69) is 171 Å². The zero-order valence-electron chi connectivity index (χ0n) is 31.2. The fraction of sp³-hybridized carbons (Fsp3) is 0. The summed E-state index contributed by atoms with van der Waals surface area (Å²) >= 11 is 0. The van der Waals surface area contributed by atoms with Crippen LogP contribution in [0.15, 0.2) is 188 Å². The maximum atomic E-state index is 7.84. The molecule has 9 aromatic carbocycles. The highest BCUT2D eigenvalue weighted by Gasteiger charge is 2.21. The summed E-state index contributed by atoms with van der Waals surface area (Å²) in [4.78, 5) is 3.84. The topological polar surface area (TPSA) is 13.2 Å². The molecule has 13 aromatic rings. The minimum absolute atomic E-state index is 0.639. The lowest BCUT2D eigenvalue weighted by Gasteiger charge is -2.10. The molecule has 4 aromatic heterocycles. The van der Waals surface area contributed by atoms with E-state index in [1.807, 2.05) is 30.3 Å². The minimum atomic E-state index is 0.639. The molecule has 266 valence electrons. The third-order valence-electron chi connectivity index (χ3n) is 12.5. The van der Waals surface area contributed by atoms with Gasteiger partial charge in [-0.3, -0.25) is 0 Å². The highest BCUT2D eigenvalue weighted by molar-refractivity contribution is 6.26. The van der Waals surface area contributed by atoms with Gasteiger partial charge in [-0.25, -0.2) is 4.85 Å². The average molecular weight is 734 g/mol. The molecule has 3 nitrogen and oxygen atoms in total. The molecule has 0 aliphatic carbocycles. The van der Waals surface area contributed by atoms with E-state index in [4.69, 9.17) is 6.57 Å². The van der Waals surface area contributed by atoms with Crippen molar-refractivity contribution in [3.05, 3.63) is 199 Å². The van der Waals surface area contributed by atoms with Crippen LogP contribution in [0.5, 0.6) is 0 Å². The van der Waals surface area contributed by atoms with Crippen LogP contribution in [-0.2, 0) is 0 Å². The molecule has 0 aliphatic rings. The molecule has 0 atom stereocenters. The zero-order chi connectivity index (χ0) is 38.1. The maximum Gasteiger partial charge on any atom is 0.188 e. The number of nitrogens with zero attached hydrogens (tertiary/aromatic N) is 3. The van der Waals surface area contributed by atoms with Gasteiger partial charge in [-0.1, -0.05) is 115 Å². The molecular weight excluding hydrogens is 703 g/mol. The number of benzene rings is 9. The van der Waals surface area contributed by atoms with E-state index in [-0.39, 0.29) is 0 Å². The molecule has 0 spiro atoms. The third-order valence-corrected chi connectivity index (χ3v) is 12.5. The van der Waals surface area contributed by atoms with Gasteiger partial charge in [-0.2, -0.15) is 0 Å². The summed E-state index contributed by atoms with van der Waals surface area (Å²) in [6.45, 7) is 7.84. The molecule has 0 bridgehead atoms. The SMILES string of the molecule is [C-]#[N+]c1cc(-c2ccccc2)cc(-c2cccc(-c3ccc4c(c3)c3cc(-c5ccc6c(c5)c5cccc7c8ccccc8n6c75)cc5c6ccccc6n4c53)c2)c1. The van der Waals surface area contributed by atoms with Gasteiger partial charge in [0.05, 0.1) is 39.7 Å². The zero-order valence-corrected chi connectivity index (χ0v) is 31.2. The van der Waals surface area contributed by atoms with E-state index in [1.54, 1.807) is 0 Å². The Morgan fingerprint density at radius 2 is 0.672 bits per heavy atom. The smallest absolute Gasteiger partial charge is 0.188 e. The van der Waals surface area contributed by atoms with Gasteiger partial charge in [-0.15, -0.1) is 0 Å². The molecule has 0 fully saturated rings. The van der Waals surface area contributed by atoms with Gasteiger partial charge < -0.3 is 8.80 Å². The fourth-order valence-corrected chi connectivity index (χ4v) is 9.98. The number of fused-ring (bicyclic) bond motifs is 12. The molecule has 0 amide bonds. The van der Waals surface area contributed by atoms with Crippen LogP contribution in [-0.4, -0.2) is 8.80 Å². The van der Waals surface area contributed by atoms with Crippen LogP contribution in [0.3, 0.4) is 0 Å². The highest BCUT2D eigenvalue weighted by Crippen LogP contribution is 2.45. The molecule has 4 heterocycles. The van der Waals surface area contributed by atoms with Gasteiger partial charge in [0.2, 0.25) is 0 Å². The van der Waals surface area contributed by atoms with E-state index >= 15 is 0 Å². The molecule has 0 unspecified atom stereocenters. The second-order valence-electron chi connectivity index (χ2n) is 15.6. The largest absolute Gasteiger partial charge is 0.308 e. The maximum absolute atomic E-state index is 7.84. The lowest BCUT2D eigenvalue weighted by molar-refractivity contribution is 1.37. The Kier molecular flexibility index (Phi) is 6.23. The van der Waals surface area contributed by atoms with Crippen molar-refractivity contribution in [2.75, 3.05) is 0 Å². The van der Waals surface area contributed by atoms with Crippen molar-refractivity contribution in [2.24, 2.45) is 0 Å². The summed E-state index contributed by atoms with van der Waals surface area (Å²) in [5, 5.41) is 10.2. The van der Waals surface area contributed by atoms with Gasteiger partial charge in [0, 0.05) is 43.1 Å². The van der Waals surface area contributed by atoms with Crippen LogP contribution >= 0.6 is 0 Å². The van der Waals surface area contributed by atoms with Gasteiger partial charge in [0.25, 0.3) is 0 Å². The van der Waals surface area contributed by atoms with Gasteiger partial charge in [0.1, 0.15) is 0 Å². The Morgan fingerprint density at radius 1 is 0.276 bits per heavy atom. The molecule has 0 aliphatic heterocycles. The van der Waals surface area contributed by atoms with Crippen LogP contribution < -0.4 is 0 Å². The fourth-order valence-electron chi connectivity index (χ4n) is 9.98. The monoisotopic (exact) mass is 733 g/mol. The van der Waals surface area contributed by atoms with Crippen LogP contribution in [0.4, 0.5) is 5.69 Å². The second kappa shape index (κ2) is 11.6. The minimum Gasteiger partial charge on any atom is -0.308 e. The normalized spacial score (nSPS) is 12.1. The molecule has 58 heavy (non-hydrogen) atoms. The van der Waals surface area contributed by atoms with Gasteiger partial charge in [-0.05, 0) is 117 Å². The summed E-state index contributed by atoms with van der Waals surface area (Å²) in [6, 6.07) is 68.3. The lowest BCUT2D eigenvalue weighted by Crippen LogP contribution is -1.85. The Morgan fingerprint density at radius 3 is 1.36 bits per heavy atom. The first-order valence-corrected chi connectivity index (χ1v) is 19.8. The van der Waals surface area contributed by atoms with E-state index in [0.717, 1.165) is 27.8 Å². The lowest BCUT2D eigenvalue weighted by atomic mass is 9.94. The summed E-state index contributed by atoms with van der Waals surface area (Å²) in [5.41, 5.74) is 17.2. The van der Waals surface area contributed by atoms with Crippen LogP contribution in [0.2, 0.25) is 0 Å². The molecule has 0 saturated carbocycles. The number of hydrogen-bond acceptors (Lipinski definition) is 0. The summed E-state index contributed by atoms with van der Waals surface area (Å²) < 4.78 is 4.91. The van der Waals surface area contributed by atoms with E-state index in [0.29, 0.717) is 5.69 Å². The van der Waals surface area contributed by atoms with Crippen molar-refractivity contribution >= 4 is 81.9 Å². The van der Waals surface area contributed by atoms with Crippen LogP contribution in [0, 0.1) is 6.57 Å². The number of para-hydroxylation sites is 3. The van der Waals surface area contributed by atoms with Crippen molar-refractivity contribution < 1.29 is 0 Å². The number of aromatic nitrogens is 2. The summed E-state index contributed by atoms with van der Waals surface area (Å²) in [6.07, 6.45) is 0. The quantitative estimate of drug-likeness (QED) is 0.160.